The van der Waals surface area contributed by atoms with Gasteiger partial charge in [0.15, 0.2) is 5.16 Å². The molecule has 1 N–H and O–H groups in total. The molecule has 0 aliphatic heterocycles. The first-order valence-corrected chi connectivity index (χ1v) is 10.3. The van der Waals surface area contributed by atoms with Crippen molar-refractivity contribution >= 4 is 44.9 Å². The van der Waals surface area contributed by atoms with E-state index in [0.717, 1.165) is 10.4 Å². The molecule has 2 aromatic heterocycles. The molecule has 8 heteroatoms. The molecule has 5 nitrogen and oxygen atoms in total. The minimum atomic E-state index is -0.412. The number of thiophene rings is 1. The van der Waals surface area contributed by atoms with Crippen LogP contribution in [0.15, 0.2) is 34.2 Å². The first-order valence-electron chi connectivity index (χ1n) is 8.48. The molecule has 1 aromatic carbocycles. The normalized spacial score (nSPS) is 11.3. The summed E-state index contributed by atoms with van der Waals surface area (Å²) < 4.78 is 14.9. The van der Waals surface area contributed by atoms with Crippen molar-refractivity contribution < 1.29 is 9.18 Å². The Morgan fingerprint density at radius 3 is 2.78 bits per heavy atom. The highest BCUT2D eigenvalue weighted by Crippen LogP contribution is 2.29. The number of carbonyl (C=O) groups is 1. The van der Waals surface area contributed by atoms with Crippen LogP contribution in [0, 0.1) is 19.7 Å². The second kappa shape index (κ2) is 7.82. The van der Waals surface area contributed by atoms with E-state index in [4.69, 9.17) is 0 Å². The third kappa shape index (κ3) is 4.06. The Morgan fingerprint density at radius 2 is 2.11 bits per heavy atom. The first-order chi connectivity index (χ1) is 12.8. The maximum atomic E-state index is 13.2. The molecular weight excluding hydrogens is 385 g/mol. The van der Waals surface area contributed by atoms with Crippen LogP contribution in [0.3, 0.4) is 0 Å². The van der Waals surface area contributed by atoms with Crippen molar-refractivity contribution in [3.63, 3.8) is 0 Å². The zero-order valence-corrected chi connectivity index (χ0v) is 17.1. The molecule has 0 atom stereocenters. The van der Waals surface area contributed by atoms with Crippen LogP contribution in [0.1, 0.15) is 30.3 Å². The number of nitrogens with zero attached hydrogens (tertiary/aromatic N) is 2. The zero-order chi connectivity index (χ0) is 19.7. The van der Waals surface area contributed by atoms with Crippen LogP contribution in [0.5, 0.6) is 0 Å². The molecule has 0 saturated carbocycles. The Balaban J connectivity index is 1.87. The molecule has 0 unspecified atom stereocenters. The Kier molecular flexibility index (Phi) is 5.67. The van der Waals surface area contributed by atoms with Crippen molar-refractivity contribution in [3.8, 4) is 0 Å². The number of halogens is 1. The van der Waals surface area contributed by atoms with Gasteiger partial charge in [-0.1, -0.05) is 17.8 Å². The Hall–Kier alpha value is -2.19. The number of thioether (sulfide) groups is 1. The topological polar surface area (TPSA) is 64.0 Å². The first kappa shape index (κ1) is 19.6. The molecule has 0 aliphatic carbocycles. The van der Waals surface area contributed by atoms with Crippen molar-refractivity contribution in [2.75, 3.05) is 11.1 Å². The molecule has 0 bridgehead atoms. The fraction of sp³-hybridized carbons (Fsp3) is 0.316. The summed E-state index contributed by atoms with van der Waals surface area (Å²) in [6, 6.07) is 5.65. The predicted molar refractivity (Wildman–Crippen MR) is 109 cm³/mol. The lowest BCUT2D eigenvalue weighted by atomic mass is 10.2. The number of rotatable bonds is 5. The van der Waals surface area contributed by atoms with Gasteiger partial charge in [-0.15, -0.1) is 11.3 Å². The van der Waals surface area contributed by atoms with Crippen LogP contribution in [-0.2, 0) is 4.79 Å². The third-order valence-electron chi connectivity index (χ3n) is 4.16. The third-order valence-corrected chi connectivity index (χ3v) is 6.21. The lowest BCUT2D eigenvalue weighted by Gasteiger charge is -2.15. The van der Waals surface area contributed by atoms with E-state index in [1.165, 1.54) is 41.3 Å². The van der Waals surface area contributed by atoms with Gasteiger partial charge in [-0.05, 0) is 51.5 Å². The highest BCUT2D eigenvalue weighted by Gasteiger charge is 2.19. The molecule has 0 saturated heterocycles. The second-order valence-electron chi connectivity index (χ2n) is 6.47. The fourth-order valence-electron chi connectivity index (χ4n) is 2.74. The number of hydrogen-bond acceptors (Lipinski definition) is 5. The van der Waals surface area contributed by atoms with Crippen LogP contribution in [0.2, 0.25) is 0 Å². The van der Waals surface area contributed by atoms with Gasteiger partial charge >= 0.3 is 0 Å². The summed E-state index contributed by atoms with van der Waals surface area (Å²) in [5, 5.41) is 3.82. The summed E-state index contributed by atoms with van der Waals surface area (Å²) in [5.41, 5.74) is 1.28. The van der Waals surface area contributed by atoms with Gasteiger partial charge in [0.2, 0.25) is 5.91 Å². The molecule has 0 fully saturated rings. The molecule has 0 radical (unpaired) electrons. The Bertz CT molecular complexity index is 1070. The molecule has 0 aliphatic rings. The standard InChI is InChI=1S/C19H20FN3O2S2/c1-10(2)23-18(25)16-11(3)12(4)27-17(16)22-19(23)26-9-15(24)21-14-7-5-6-13(20)8-14/h5-8,10H,9H2,1-4H3,(H,21,24). The van der Waals surface area contributed by atoms with Gasteiger partial charge < -0.3 is 5.32 Å². The van der Waals surface area contributed by atoms with Crippen molar-refractivity contribution in [2.24, 2.45) is 0 Å². The summed E-state index contributed by atoms with van der Waals surface area (Å²) in [6.07, 6.45) is 0. The SMILES string of the molecule is Cc1sc2nc(SCC(=O)Nc3cccc(F)c3)n(C(C)C)c(=O)c2c1C. The van der Waals surface area contributed by atoms with E-state index in [9.17, 15) is 14.0 Å². The van der Waals surface area contributed by atoms with Gasteiger partial charge in [0, 0.05) is 16.6 Å². The van der Waals surface area contributed by atoms with Crippen LogP contribution < -0.4 is 10.9 Å². The number of nitrogens with one attached hydrogen (secondary N) is 1. The van der Waals surface area contributed by atoms with E-state index in [0.29, 0.717) is 21.1 Å². The molecule has 3 rings (SSSR count). The number of aryl methyl sites for hydroxylation is 2. The van der Waals surface area contributed by atoms with Gasteiger partial charge in [0.25, 0.3) is 5.56 Å². The molecule has 27 heavy (non-hydrogen) atoms. The number of amides is 1. The fourth-order valence-corrected chi connectivity index (χ4v) is 4.74. The van der Waals surface area contributed by atoms with Crippen molar-refractivity contribution in [3.05, 3.63) is 50.9 Å². The van der Waals surface area contributed by atoms with E-state index in [-0.39, 0.29) is 23.3 Å². The molecule has 2 heterocycles. The van der Waals surface area contributed by atoms with Gasteiger partial charge in [-0.25, -0.2) is 9.37 Å². The summed E-state index contributed by atoms with van der Waals surface area (Å²) >= 11 is 2.69. The summed E-state index contributed by atoms with van der Waals surface area (Å²) in [6.45, 7) is 7.74. The maximum Gasteiger partial charge on any atom is 0.263 e. The van der Waals surface area contributed by atoms with E-state index in [1.807, 2.05) is 27.7 Å². The smallest absolute Gasteiger partial charge is 0.263 e. The minimum Gasteiger partial charge on any atom is -0.325 e. The lowest BCUT2D eigenvalue weighted by Crippen LogP contribution is -2.25. The zero-order valence-electron chi connectivity index (χ0n) is 15.5. The molecule has 0 spiro atoms. The number of fused-ring (bicyclic) bond motifs is 1. The highest BCUT2D eigenvalue weighted by molar-refractivity contribution is 7.99. The average molecular weight is 406 g/mol. The van der Waals surface area contributed by atoms with E-state index in [1.54, 1.807) is 10.6 Å². The average Bonchev–Trinajstić information content (AvgIpc) is 2.87. The Labute approximate surface area is 164 Å². The van der Waals surface area contributed by atoms with E-state index in [2.05, 4.69) is 10.3 Å². The number of benzene rings is 1. The van der Waals surface area contributed by atoms with Crippen molar-refractivity contribution in [2.45, 2.75) is 38.9 Å². The number of carbonyl (C=O) groups excluding carboxylic acids is 1. The number of anilines is 1. The van der Waals surface area contributed by atoms with Crippen molar-refractivity contribution in [1.82, 2.24) is 9.55 Å². The maximum absolute atomic E-state index is 13.2. The van der Waals surface area contributed by atoms with Gasteiger partial charge in [-0.3, -0.25) is 14.2 Å². The lowest BCUT2D eigenvalue weighted by molar-refractivity contribution is -0.113. The van der Waals surface area contributed by atoms with Gasteiger partial charge in [0.05, 0.1) is 11.1 Å². The van der Waals surface area contributed by atoms with Crippen LogP contribution in [-0.4, -0.2) is 21.2 Å². The molecule has 3 aromatic rings. The monoisotopic (exact) mass is 405 g/mol. The van der Waals surface area contributed by atoms with Crippen molar-refractivity contribution in [1.29, 1.82) is 0 Å². The van der Waals surface area contributed by atoms with Crippen LogP contribution in [0.25, 0.3) is 10.2 Å². The summed E-state index contributed by atoms with van der Waals surface area (Å²) in [7, 11) is 0. The largest absolute Gasteiger partial charge is 0.325 e. The molecule has 1 amide bonds. The van der Waals surface area contributed by atoms with E-state index < -0.39 is 5.82 Å². The quantitative estimate of drug-likeness (QED) is 0.500. The molecule has 142 valence electrons. The predicted octanol–water partition coefficient (Wildman–Crippen LogP) is 4.53. The van der Waals surface area contributed by atoms with Gasteiger partial charge in [-0.2, -0.15) is 0 Å². The number of hydrogen-bond donors (Lipinski definition) is 1. The minimum absolute atomic E-state index is 0.0739. The summed E-state index contributed by atoms with van der Waals surface area (Å²) in [4.78, 5) is 31.6. The van der Waals surface area contributed by atoms with Crippen LogP contribution >= 0.6 is 23.1 Å². The van der Waals surface area contributed by atoms with Crippen LogP contribution in [0.4, 0.5) is 10.1 Å². The Morgan fingerprint density at radius 1 is 1.37 bits per heavy atom. The van der Waals surface area contributed by atoms with E-state index >= 15 is 0 Å². The number of aromatic nitrogens is 2. The highest BCUT2D eigenvalue weighted by atomic mass is 32.2. The second-order valence-corrected chi connectivity index (χ2v) is 8.62. The molecular formula is C19H20FN3O2S2. The van der Waals surface area contributed by atoms with Gasteiger partial charge in [0.1, 0.15) is 10.6 Å². The summed E-state index contributed by atoms with van der Waals surface area (Å²) in [5.74, 6) is -0.622.